The standard InChI is InChI=1S/C12H15N3/c1-2-6-9(5-1)13-12-14-10-7-3-4-8-11(10)15-12/h3-4,7-9H,1-2,5-6H2,(H2,13,14,15). The lowest BCUT2D eigenvalue weighted by Gasteiger charge is -2.09. The Hall–Kier alpha value is -1.51. The molecule has 0 atom stereocenters. The van der Waals surface area contributed by atoms with Gasteiger partial charge in [-0.2, -0.15) is 0 Å². The summed E-state index contributed by atoms with van der Waals surface area (Å²) in [6.45, 7) is 0. The lowest BCUT2D eigenvalue weighted by molar-refractivity contribution is 0.747. The summed E-state index contributed by atoms with van der Waals surface area (Å²) < 4.78 is 0. The summed E-state index contributed by atoms with van der Waals surface area (Å²) >= 11 is 0. The number of nitrogens with one attached hydrogen (secondary N) is 2. The molecular weight excluding hydrogens is 186 g/mol. The molecule has 1 aromatic carbocycles. The van der Waals surface area contributed by atoms with Crippen LogP contribution in [0.1, 0.15) is 25.7 Å². The number of hydrogen-bond acceptors (Lipinski definition) is 2. The van der Waals surface area contributed by atoms with Crippen LogP contribution in [-0.2, 0) is 0 Å². The lowest BCUT2D eigenvalue weighted by atomic mass is 10.3. The predicted octanol–water partition coefficient (Wildman–Crippen LogP) is 2.92. The van der Waals surface area contributed by atoms with Gasteiger partial charge in [-0.25, -0.2) is 4.98 Å². The van der Waals surface area contributed by atoms with E-state index in [0.29, 0.717) is 6.04 Å². The van der Waals surface area contributed by atoms with Crippen LogP contribution in [0.2, 0.25) is 0 Å². The fraction of sp³-hybridized carbons (Fsp3) is 0.417. The van der Waals surface area contributed by atoms with E-state index in [2.05, 4.69) is 21.4 Å². The van der Waals surface area contributed by atoms with Gasteiger partial charge in [-0.15, -0.1) is 0 Å². The number of rotatable bonds is 2. The molecule has 78 valence electrons. The number of anilines is 1. The fourth-order valence-electron chi connectivity index (χ4n) is 2.28. The Morgan fingerprint density at radius 1 is 1.20 bits per heavy atom. The quantitative estimate of drug-likeness (QED) is 0.784. The Morgan fingerprint density at radius 2 is 2.00 bits per heavy atom. The molecule has 1 aliphatic carbocycles. The molecule has 0 saturated heterocycles. The second-order valence-corrected chi connectivity index (χ2v) is 4.23. The van der Waals surface area contributed by atoms with E-state index in [9.17, 15) is 0 Å². The molecule has 0 radical (unpaired) electrons. The molecule has 0 amide bonds. The van der Waals surface area contributed by atoms with Crippen molar-refractivity contribution in [3.8, 4) is 0 Å². The molecule has 1 heterocycles. The van der Waals surface area contributed by atoms with Crippen LogP contribution < -0.4 is 5.32 Å². The number of nitrogens with zero attached hydrogens (tertiary/aromatic N) is 1. The zero-order chi connectivity index (χ0) is 10.1. The molecule has 3 nitrogen and oxygen atoms in total. The third-order valence-electron chi connectivity index (χ3n) is 3.09. The first kappa shape index (κ1) is 8.77. The maximum absolute atomic E-state index is 4.51. The number of benzene rings is 1. The topological polar surface area (TPSA) is 40.7 Å². The molecule has 3 rings (SSSR count). The minimum absolute atomic E-state index is 0.616. The first-order valence-corrected chi connectivity index (χ1v) is 5.63. The summed E-state index contributed by atoms with van der Waals surface area (Å²) in [5, 5.41) is 3.46. The van der Waals surface area contributed by atoms with Crippen LogP contribution in [0.3, 0.4) is 0 Å². The Balaban J connectivity index is 1.84. The Bertz CT molecular complexity index is 422. The van der Waals surface area contributed by atoms with Gasteiger partial charge >= 0.3 is 0 Å². The molecule has 1 fully saturated rings. The third-order valence-corrected chi connectivity index (χ3v) is 3.09. The van der Waals surface area contributed by atoms with Crippen molar-refractivity contribution in [2.75, 3.05) is 5.32 Å². The van der Waals surface area contributed by atoms with Crippen molar-refractivity contribution < 1.29 is 0 Å². The highest BCUT2D eigenvalue weighted by atomic mass is 15.1. The number of H-pyrrole nitrogens is 1. The van der Waals surface area contributed by atoms with Gasteiger partial charge in [0.15, 0.2) is 0 Å². The number of hydrogen-bond donors (Lipinski definition) is 2. The molecule has 1 saturated carbocycles. The number of para-hydroxylation sites is 2. The van der Waals surface area contributed by atoms with Gasteiger partial charge in [0.25, 0.3) is 0 Å². The van der Waals surface area contributed by atoms with Gasteiger partial charge in [-0.1, -0.05) is 25.0 Å². The average molecular weight is 201 g/mol. The molecule has 0 spiro atoms. The van der Waals surface area contributed by atoms with E-state index in [1.165, 1.54) is 25.7 Å². The van der Waals surface area contributed by atoms with E-state index >= 15 is 0 Å². The van der Waals surface area contributed by atoms with Crippen molar-refractivity contribution in [2.45, 2.75) is 31.7 Å². The number of fused-ring (bicyclic) bond motifs is 1. The smallest absolute Gasteiger partial charge is 0.201 e. The highest BCUT2D eigenvalue weighted by Gasteiger charge is 2.15. The van der Waals surface area contributed by atoms with Crippen molar-refractivity contribution >= 4 is 17.0 Å². The summed E-state index contributed by atoms with van der Waals surface area (Å²) in [6, 6.07) is 8.75. The van der Waals surface area contributed by atoms with Crippen molar-refractivity contribution in [3.05, 3.63) is 24.3 Å². The van der Waals surface area contributed by atoms with Gasteiger partial charge in [0.2, 0.25) is 5.95 Å². The number of aromatic nitrogens is 2. The lowest BCUT2D eigenvalue weighted by Crippen LogP contribution is -2.15. The summed E-state index contributed by atoms with van der Waals surface area (Å²) in [5.74, 6) is 0.920. The zero-order valence-electron chi connectivity index (χ0n) is 8.66. The Kier molecular flexibility index (Phi) is 2.09. The first-order valence-electron chi connectivity index (χ1n) is 5.63. The molecule has 1 aromatic heterocycles. The van der Waals surface area contributed by atoms with Crippen LogP contribution in [0.4, 0.5) is 5.95 Å². The van der Waals surface area contributed by atoms with Crippen molar-refractivity contribution in [3.63, 3.8) is 0 Å². The van der Waals surface area contributed by atoms with Crippen LogP contribution >= 0.6 is 0 Å². The molecule has 3 heteroatoms. The van der Waals surface area contributed by atoms with E-state index in [1.807, 2.05) is 18.2 Å². The maximum Gasteiger partial charge on any atom is 0.201 e. The van der Waals surface area contributed by atoms with Crippen molar-refractivity contribution in [1.82, 2.24) is 9.97 Å². The Morgan fingerprint density at radius 3 is 2.80 bits per heavy atom. The molecule has 2 aromatic rings. The SMILES string of the molecule is c1ccc2[nH]c(NC3CCCC3)nc2c1. The molecule has 0 aliphatic heterocycles. The average Bonchev–Trinajstić information content (AvgIpc) is 2.86. The zero-order valence-corrected chi connectivity index (χ0v) is 8.66. The molecule has 15 heavy (non-hydrogen) atoms. The minimum atomic E-state index is 0.616. The summed E-state index contributed by atoms with van der Waals surface area (Å²) in [5.41, 5.74) is 2.15. The van der Waals surface area contributed by atoms with E-state index in [-0.39, 0.29) is 0 Å². The van der Waals surface area contributed by atoms with E-state index < -0.39 is 0 Å². The molecule has 1 aliphatic rings. The largest absolute Gasteiger partial charge is 0.353 e. The predicted molar refractivity (Wildman–Crippen MR) is 62.0 cm³/mol. The highest BCUT2D eigenvalue weighted by molar-refractivity contribution is 5.77. The van der Waals surface area contributed by atoms with Gasteiger partial charge < -0.3 is 10.3 Å². The number of aromatic amines is 1. The van der Waals surface area contributed by atoms with Gasteiger partial charge in [0.1, 0.15) is 0 Å². The summed E-state index contributed by atoms with van der Waals surface area (Å²) in [7, 11) is 0. The van der Waals surface area contributed by atoms with E-state index in [1.54, 1.807) is 0 Å². The van der Waals surface area contributed by atoms with Crippen molar-refractivity contribution in [1.29, 1.82) is 0 Å². The summed E-state index contributed by atoms with van der Waals surface area (Å²) in [4.78, 5) is 7.81. The number of imidazole rings is 1. The summed E-state index contributed by atoms with van der Waals surface area (Å²) in [6.07, 6.45) is 5.24. The first-order chi connectivity index (χ1) is 7.42. The normalized spacial score (nSPS) is 17.3. The highest BCUT2D eigenvalue weighted by Crippen LogP contribution is 2.22. The van der Waals surface area contributed by atoms with Crippen LogP contribution in [0.25, 0.3) is 11.0 Å². The molecular formula is C12H15N3. The maximum atomic E-state index is 4.51. The second kappa shape index (κ2) is 3.57. The second-order valence-electron chi connectivity index (χ2n) is 4.23. The monoisotopic (exact) mass is 201 g/mol. The van der Waals surface area contributed by atoms with Gasteiger partial charge in [0, 0.05) is 6.04 Å². The third kappa shape index (κ3) is 1.69. The van der Waals surface area contributed by atoms with Crippen molar-refractivity contribution in [2.24, 2.45) is 0 Å². The van der Waals surface area contributed by atoms with Gasteiger partial charge in [0.05, 0.1) is 11.0 Å². The van der Waals surface area contributed by atoms with Crippen LogP contribution in [-0.4, -0.2) is 16.0 Å². The van der Waals surface area contributed by atoms with Gasteiger partial charge in [-0.3, -0.25) is 0 Å². The van der Waals surface area contributed by atoms with E-state index in [0.717, 1.165) is 17.0 Å². The van der Waals surface area contributed by atoms with Crippen LogP contribution in [0.5, 0.6) is 0 Å². The van der Waals surface area contributed by atoms with E-state index in [4.69, 9.17) is 0 Å². The Labute approximate surface area is 88.9 Å². The molecule has 0 unspecified atom stereocenters. The van der Waals surface area contributed by atoms with Crippen LogP contribution in [0, 0.1) is 0 Å². The van der Waals surface area contributed by atoms with Crippen LogP contribution in [0.15, 0.2) is 24.3 Å². The fourth-order valence-corrected chi connectivity index (χ4v) is 2.28. The molecule has 0 bridgehead atoms. The molecule has 2 N–H and O–H groups in total. The van der Waals surface area contributed by atoms with Gasteiger partial charge in [-0.05, 0) is 25.0 Å². The minimum Gasteiger partial charge on any atom is -0.353 e.